The number of rotatable bonds is 1. The Kier molecular flexibility index (Phi) is 2.82. The number of allylic oxidation sites excluding steroid dienone is 6. The van der Waals surface area contributed by atoms with E-state index in [2.05, 4.69) is 31.2 Å². The summed E-state index contributed by atoms with van der Waals surface area (Å²) in [6.45, 7) is 2.07. The quantitative estimate of drug-likeness (QED) is 0.639. The molecule has 0 saturated heterocycles. The van der Waals surface area contributed by atoms with Crippen molar-refractivity contribution >= 4 is 5.57 Å². The van der Waals surface area contributed by atoms with E-state index < -0.39 is 0 Å². The van der Waals surface area contributed by atoms with Crippen molar-refractivity contribution < 1.29 is 4.39 Å². The molecule has 1 aliphatic carbocycles. The lowest BCUT2D eigenvalue weighted by atomic mass is 10.0. The SMILES string of the molecule is CC1=CC(c2ccc(F)cc2)=CCC=C1. The molecule has 0 aromatic heterocycles. The normalized spacial score (nSPS) is 15.6. The van der Waals surface area contributed by atoms with Gasteiger partial charge in [0.15, 0.2) is 0 Å². The second kappa shape index (κ2) is 4.26. The molecule has 0 saturated carbocycles. The van der Waals surface area contributed by atoms with E-state index in [9.17, 15) is 4.39 Å². The van der Waals surface area contributed by atoms with E-state index in [0.717, 1.165) is 17.6 Å². The summed E-state index contributed by atoms with van der Waals surface area (Å²) >= 11 is 0. The van der Waals surface area contributed by atoms with Gasteiger partial charge in [0, 0.05) is 0 Å². The zero-order valence-corrected chi connectivity index (χ0v) is 8.70. The van der Waals surface area contributed by atoms with Gasteiger partial charge in [-0.05, 0) is 36.6 Å². The Morgan fingerprint density at radius 2 is 1.87 bits per heavy atom. The van der Waals surface area contributed by atoms with Crippen molar-refractivity contribution in [1.29, 1.82) is 0 Å². The maximum Gasteiger partial charge on any atom is 0.123 e. The highest BCUT2D eigenvalue weighted by Gasteiger charge is 2.00. The predicted molar refractivity (Wildman–Crippen MR) is 61.9 cm³/mol. The van der Waals surface area contributed by atoms with E-state index in [-0.39, 0.29) is 5.82 Å². The summed E-state index contributed by atoms with van der Waals surface area (Å²) < 4.78 is 12.8. The molecule has 2 rings (SSSR count). The topological polar surface area (TPSA) is 0 Å². The third kappa shape index (κ3) is 2.44. The van der Waals surface area contributed by atoms with Gasteiger partial charge in [0.1, 0.15) is 5.82 Å². The minimum absolute atomic E-state index is 0.188. The van der Waals surface area contributed by atoms with Crippen LogP contribution < -0.4 is 0 Å². The van der Waals surface area contributed by atoms with Gasteiger partial charge < -0.3 is 0 Å². The minimum Gasteiger partial charge on any atom is -0.207 e. The fraction of sp³-hybridized carbons (Fsp3) is 0.143. The molecule has 1 aromatic rings. The van der Waals surface area contributed by atoms with E-state index in [0.29, 0.717) is 0 Å². The Labute approximate surface area is 89.4 Å². The number of halogens is 1. The van der Waals surface area contributed by atoms with Crippen LogP contribution in [0.25, 0.3) is 5.57 Å². The molecular formula is C14H13F. The van der Waals surface area contributed by atoms with Crippen LogP contribution in [-0.2, 0) is 0 Å². The maximum absolute atomic E-state index is 12.8. The first-order valence-electron chi connectivity index (χ1n) is 5.06. The molecule has 15 heavy (non-hydrogen) atoms. The van der Waals surface area contributed by atoms with Gasteiger partial charge in [0.25, 0.3) is 0 Å². The molecule has 1 aromatic carbocycles. The van der Waals surface area contributed by atoms with E-state index in [1.807, 2.05) is 12.1 Å². The van der Waals surface area contributed by atoms with E-state index in [1.54, 1.807) is 0 Å². The van der Waals surface area contributed by atoms with Crippen LogP contribution in [0.4, 0.5) is 4.39 Å². The van der Waals surface area contributed by atoms with Gasteiger partial charge in [-0.25, -0.2) is 4.39 Å². The van der Waals surface area contributed by atoms with Gasteiger partial charge >= 0.3 is 0 Å². The maximum atomic E-state index is 12.8. The largest absolute Gasteiger partial charge is 0.207 e. The molecule has 0 amide bonds. The molecule has 76 valence electrons. The Morgan fingerprint density at radius 3 is 2.60 bits per heavy atom. The van der Waals surface area contributed by atoms with Crippen LogP contribution in [-0.4, -0.2) is 0 Å². The lowest BCUT2D eigenvalue weighted by Gasteiger charge is -2.02. The van der Waals surface area contributed by atoms with Gasteiger partial charge in [-0.2, -0.15) is 0 Å². The van der Waals surface area contributed by atoms with Crippen LogP contribution in [0.1, 0.15) is 18.9 Å². The summed E-state index contributed by atoms with van der Waals surface area (Å²) in [4.78, 5) is 0. The fourth-order valence-corrected chi connectivity index (χ4v) is 1.64. The molecule has 0 radical (unpaired) electrons. The molecule has 0 nitrogen and oxygen atoms in total. The van der Waals surface area contributed by atoms with E-state index >= 15 is 0 Å². The number of hydrogen-bond acceptors (Lipinski definition) is 0. The van der Waals surface area contributed by atoms with Crippen LogP contribution >= 0.6 is 0 Å². The fourth-order valence-electron chi connectivity index (χ4n) is 1.64. The summed E-state index contributed by atoms with van der Waals surface area (Å²) in [7, 11) is 0. The molecule has 0 spiro atoms. The summed E-state index contributed by atoms with van der Waals surface area (Å²) in [5.74, 6) is -0.188. The van der Waals surface area contributed by atoms with E-state index in [1.165, 1.54) is 17.7 Å². The van der Waals surface area contributed by atoms with Gasteiger partial charge in [0.05, 0.1) is 0 Å². The summed E-state index contributed by atoms with van der Waals surface area (Å²) in [5, 5.41) is 0. The smallest absolute Gasteiger partial charge is 0.123 e. The van der Waals surface area contributed by atoms with Crippen molar-refractivity contribution in [3.63, 3.8) is 0 Å². The molecule has 1 heteroatoms. The predicted octanol–water partition coefficient (Wildman–Crippen LogP) is 4.12. The first-order chi connectivity index (χ1) is 7.25. The highest BCUT2D eigenvalue weighted by molar-refractivity contribution is 5.75. The lowest BCUT2D eigenvalue weighted by Crippen LogP contribution is -1.82. The average Bonchev–Trinajstić information content (AvgIpc) is 2.44. The lowest BCUT2D eigenvalue weighted by molar-refractivity contribution is 0.627. The zero-order valence-electron chi connectivity index (χ0n) is 8.70. The van der Waals surface area contributed by atoms with Crippen molar-refractivity contribution in [1.82, 2.24) is 0 Å². The van der Waals surface area contributed by atoms with Crippen LogP contribution in [0.2, 0.25) is 0 Å². The molecule has 0 atom stereocenters. The monoisotopic (exact) mass is 200 g/mol. The molecule has 0 unspecified atom stereocenters. The van der Waals surface area contributed by atoms with Crippen molar-refractivity contribution in [2.45, 2.75) is 13.3 Å². The molecule has 0 aliphatic heterocycles. The first-order valence-corrected chi connectivity index (χ1v) is 5.06. The van der Waals surface area contributed by atoms with Crippen molar-refractivity contribution in [2.24, 2.45) is 0 Å². The molecule has 0 heterocycles. The summed E-state index contributed by atoms with van der Waals surface area (Å²) in [5.41, 5.74) is 3.46. The van der Waals surface area contributed by atoms with Crippen LogP contribution in [0, 0.1) is 5.82 Å². The average molecular weight is 200 g/mol. The minimum atomic E-state index is -0.188. The second-order valence-electron chi connectivity index (χ2n) is 3.69. The first kappa shape index (κ1) is 9.91. The summed E-state index contributed by atoms with van der Waals surface area (Å²) in [6.07, 6.45) is 9.44. The third-order valence-corrected chi connectivity index (χ3v) is 2.42. The molecule has 0 N–H and O–H groups in total. The van der Waals surface area contributed by atoms with Gasteiger partial charge in [0.2, 0.25) is 0 Å². The molecule has 1 aliphatic rings. The van der Waals surface area contributed by atoms with Crippen LogP contribution in [0.15, 0.2) is 54.1 Å². The van der Waals surface area contributed by atoms with Crippen molar-refractivity contribution in [2.75, 3.05) is 0 Å². The second-order valence-corrected chi connectivity index (χ2v) is 3.69. The Balaban J connectivity index is 2.35. The number of benzene rings is 1. The Hall–Kier alpha value is -1.63. The van der Waals surface area contributed by atoms with Crippen LogP contribution in [0.5, 0.6) is 0 Å². The van der Waals surface area contributed by atoms with E-state index in [4.69, 9.17) is 0 Å². The van der Waals surface area contributed by atoms with Gasteiger partial charge in [-0.15, -0.1) is 0 Å². The zero-order chi connectivity index (χ0) is 10.7. The molecular weight excluding hydrogens is 187 g/mol. The van der Waals surface area contributed by atoms with Crippen LogP contribution in [0.3, 0.4) is 0 Å². The van der Waals surface area contributed by atoms with Gasteiger partial charge in [-0.3, -0.25) is 0 Å². The Morgan fingerprint density at radius 1 is 1.13 bits per heavy atom. The third-order valence-electron chi connectivity index (χ3n) is 2.42. The molecule has 0 fully saturated rings. The highest BCUT2D eigenvalue weighted by atomic mass is 19.1. The molecule has 0 bridgehead atoms. The highest BCUT2D eigenvalue weighted by Crippen LogP contribution is 2.21. The van der Waals surface area contributed by atoms with Gasteiger partial charge in [-0.1, -0.05) is 42.0 Å². The van der Waals surface area contributed by atoms with Crippen molar-refractivity contribution in [3.05, 3.63) is 65.5 Å². The Bertz CT molecular complexity index is 433. The summed E-state index contributed by atoms with van der Waals surface area (Å²) in [6, 6.07) is 6.63. The standard InChI is InChI=1S/C14H13F/c1-11-4-2-3-5-13(10-11)12-6-8-14(15)9-7-12/h2,4-10H,3H2,1H3. The number of hydrogen-bond donors (Lipinski definition) is 0. The van der Waals surface area contributed by atoms with Crippen molar-refractivity contribution in [3.8, 4) is 0 Å².